The van der Waals surface area contributed by atoms with Crippen LogP contribution < -0.4 is 0 Å². The number of benzene rings is 1. The lowest BCUT2D eigenvalue weighted by molar-refractivity contribution is -0.0766. The predicted molar refractivity (Wildman–Crippen MR) is 72.1 cm³/mol. The molecular formula is C16H20FNO. The minimum absolute atomic E-state index is 0.128. The Morgan fingerprint density at radius 1 is 1.42 bits per heavy atom. The number of ether oxygens (including phenoxy) is 1. The van der Waals surface area contributed by atoms with E-state index in [2.05, 4.69) is 19.9 Å². The van der Waals surface area contributed by atoms with E-state index in [1.807, 2.05) is 0 Å². The van der Waals surface area contributed by atoms with Crippen molar-refractivity contribution in [2.75, 3.05) is 6.61 Å². The fourth-order valence-electron chi connectivity index (χ4n) is 2.99. The van der Waals surface area contributed by atoms with Gasteiger partial charge in [0.2, 0.25) is 0 Å². The van der Waals surface area contributed by atoms with Crippen molar-refractivity contribution in [1.82, 2.24) is 0 Å². The van der Waals surface area contributed by atoms with Crippen molar-refractivity contribution < 1.29 is 9.13 Å². The second-order valence-corrected chi connectivity index (χ2v) is 5.88. The Balaban J connectivity index is 2.20. The van der Waals surface area contributed by atoms with E-state index in [0.717, 1.165) is 25.0 Å². The largest absolute Gasteiger partial charge is 0.376 e. The molecule has 0 N–H and O–H groups in total. The van der Waals surface area contributed by atoms with Gasteiger partial charge >= 0.3 is 0 Å². The van der Waals surface area contributed by atoms with Crippen molar-refractivity contribution in [2.24, 2.45) is 5.92 Å². The molecule has 1 aliphatic rings. The van der Waals surface area contributed by atoms with Crippen LogP contribution in [0.1, 0.15) is 44.6 Å². The maximum Gasteiger partial charge on any atom is 0.123 e. The molecule has 1 aliphatic heterocycles. The van der Waals surface area contributed by atoms with E-state index in [0.29, 0.717) is 12.3 Å². The highest BCUT2D eigenvalue weighted by Crippen LogP contribution is 2.39. The highest BCUT2D eigenvalue weighted by atomic mass is 19.1. The highest BCUT2D eigenvalue weighted by Gasteiger charge is 2.34. The van der Waals surface area contributed by atoms with Crippen LogP contribution in [0.2, 0.25) is 0 Å². The normalized spacial score (nSPS) is 23.6. The molecule has 1 saturated heterocycles. The number of halogens is 1. The topological polar surface area (TPSA) is 33.0 Å². The zero-order valence-corrected chi connectivity index (χ0v) is 11.5. The molecule has 1 fully saturated rings. The van der Waals surface area contributed by atoms with Gasteiger partial charge in [0.1, 0.15) is 5.82 Å². The summed E-state index contributed by atoms with van der Waals surface area (Å²) in [5.41, 5.74) is 0.932. The number of hydrogen-bond donors (Lipinski definition) is 0. The lowest BCUT2D eigenvalue weighted by Crippen LogP contribution is -2.36. The van der Waals surface area contributed by atoms with Crippen LogP contribution in [0.15, 0.2) is 24.3 Å². The summed E-state index contributed by atoms with van der Waals surface area (Å²) in [5.74, 6) is 0.370. The first kappa shape index (κ1) is 14.0. The summed E-state index contributed by atoms with van der Waals surface area (Å²) in [6.45, 7) is 4.92. The quantitative estimate of drug-likeness (QED) is 0.823. The molecule has 0 radical (unpaired) electrons. The fourth-order valence-corrected chi connectivity index (χ4v) is 2.99. The smallest absolute Gasteiger partial charge is 0.123 e. The van der Waals surface area contributed by atoms with E-state index in [4.69, 9.17) is 10.00 Å². The number of nitriles is 1. The molecule has 0 saturated carbocycles. The molecule has 19 heavy (non-hydrogen) atoms. The summed E-state index contributed by atoms with van der Waals surface area (Å²) in [6.07, 6.45) is 2.39. The first-order chi connectivity index (χ1) is 9.02. The monoisotopic (exact) mass is 261 g/mol. The highest BCUT2D eigenvalue weighted by molar-refractivity contribution is 5.22. The van der Waals surface area contributed by atoms with Gasteiger partial charge in [-0.3, -0.25) is 0 Å². The van der Waals surface area contributed by atoms with E-state index in [9.17, 15) is 4.39 Å². The summed E-state index contributed by atoms with van der Waals surface area (Å²) in [5, 5.41) is 9.06. The Kier molecular flexibility index (Phi) is 4.21. The summed E-state index contributed by atoms with van der Waals surface area (Å²) >= 11 is 0. The zero-order chi connectivity index (χ0) is 13.9. The molecule has 0 bridgehead atoms. The average molecular weight is 261 g/mol. The van der Waals surface area contributed by atoms with Crippen molar-refractivity contribution >= 4 is 0 Å². The van der Waals surface area contributed by atoms with Crippen LogP contribution in [0.3, 0.4) is 0 Å². The second kappa shape index (κ2) is 5.71. The Labute approximate surface area is 114 Å². The van der Waals surface area contributed by atoms with Crippen molar-refractivity contribution in [1.29, 1.82) is 5.26 Å². The van der Waals surface area contributed by atoms with E-state index in [-0.39, 0.29) is 17.3 Å². The molecule has 102 valence electrons. The Morgan fingerprint density at radius 2 is 2.11 bits per heavy atom. The molecule has 1 aromatic rings. The van der Waals surface area contributed by atoms with Crippen LogP contribution in [0.25, 0.3) is 0 Å². The van der Waals surface area contributed by atoms with E-state index >= 15 is 0 Å². The molecule has 2 nitrogen and oxygen atoms in total. The van der Waals surface area contributed by atoms with Gasteiger partial charge in [-0.05, 0) is 56.2 Å². The van der Waals surface area contributed by atoms with E-state index in [1.54, 1.807) is 12.1 Å². The molecule has 1 aromatic carbocycles. The van der Waals surface area contributed by atoms with Crippen LogP contribution in [0.5, 0.6) is 0 Å². The van der Waals surface area contributed by atoms with Crippen molar-refractivity contribution in [2.45, 2.75) is 44.6 Å². The molecule has 3 heteroatoms. The van der Waals surface area contributed by atoms with E-state index in [1.165, 1.54) is 12.1 Å². The average Bonchev–Trinajstić information content (AvgIpc) is 2.36. The molecule has 0 spiro atoms. The first-order valence-corrected chi connectivity index (χ1v) is 6.78. The zero-order valence-electron chi connectivity index (χ0n) is 11.5. The van der Waals surface area contributed by atoms with Crippen LogP contribution >= 0.6 is 0 Å². The summed E-state index contributed by atoms with van der Waals surface area (Å²) in [4.78, 5) is 0. The summed E-state index contributed by atoms with van der Waals surface area (Å²) in [6, 6.07) is 8.83. The first-order valence-electron chi connectivity index (χ1n) is 6.78. The van der Waals surface area contributed by atoms with Crippen molar-refractivity contribution in [3.8, 4) is 6.07 Å². The Morgan fingerprint density at radius 3 is 2.68 bits per heavy atom. The van der Waals surface area contributed by atoms with Crippen LogP contribution in [0.4, 0.5) is 4.39 Å². The van der Waals surface area contributed by atoms with Crippen molar-refractivity contribution in [3.63, 3.8) is 0 Å². The SMILES string of the molecule is CC1(C)C[C@H](C(CC#N)c2ccc(F)cc2)CCO1. The van der Waals surface area contributed by atoms with Gasteiger partial charge in [0.15, 0.2) is 0 Å². The number of rotatable bonds is 3. The van der Waals surface area contributed by atoms with Gasteiger partial charge in [-0.15, -0.1) is 0 Å². The molecule has 2 atom stereocenters. The maximum absolute atomic E-state index is 13.0. The van der Waals surface area contributed by atoms with Crippen LogP contribution in [-0.2, 0) is 4.74 Å². The Hall–Kier alpha value is -1.40. The molecule has 2 rings (SSSR count). The van der Waals surface area contributed by atoms with Crippen LogP contribution in [0, 0.1) is 23.1 Å². The third-order valence-electron chi connectivity index (χ3n) is 3.91. The fraction of sp³-hybridized carbons (Fsp3) is 0.562. The number of nitrogens with zero attached hydrogens (tertiary/aromatic N) is 1. The minimum Gasteiger partial charge on any atom is -0.376 e. The van der Waals surface area contributed by atoms with Gasteiger partial charge in [0.05, 0.1) is 11.7 Å². The second-order valence-electron chi connectivity index (χ2n) is 5.88. The van der Waals surface area contributed by atoms with Gasteiger partial charge in [-0.1, -0.05) is 12.1 Å². The van der Waals surface area contributed by atoms with Crippen molar-refractivity contribution in [3.05, 3.63) is 35.6 Å². The molecule has 1 unspecified atom stereocenters. The maximum atomic E-state index is 13.0. The predicted octanol–water partition coefficient (Wildman–Crippen LogP) is 4.03. The van der Waals surface area contributed by atoms with Gasteiger partial charge in [0, 0.05) is 13.0 Å². The third-order valence-corrected chi connectivity index (χ3v) is 3.91. The van der Waals surface area contributed by atoms with Gasteiger partial charge in [-0.2, -0.15) is 5.26 Å². The molecule has 0 amide bonds. The molecule has 0 aliphatic carbocycles. The molecular weight excluding hydrogens is 241 g/mol. The standard InChI is InChI=1S/C16H20FNO/c1-16(2)11-13(8-10-19-16)15(7-9-18)12-3-5-14(17)6-4-12/h3-6,13,15H,7-8,10-11H2,1-2H3/t13-,15?/m1/s1. The summed E-state index contributed by atoms with van der Waals surface area (Å²) in [7, 11) is 0. The lowest BCUT2D eigenvalue weighted by atomic mass is 9.75. The lowest BCUT2D eigenvalue weighted by Gasteiger charge is -2.39. The van der Waals surface area contributed by atoms with Gasteiger partial charge in [0.25, 0.3) is 0 Å². The van der Waals surface area contributed by atoms with Gasteiger partial charge in [-0.25, -0.2) is 4.39 Å². The Bertz CT molecular complexity index is 461. The van der Waals surface area contributed by atoms with E-state index < -0.39 is 0 Å². The molecule has 1 heterocycles. The minimum atomic E-state index is -0.230. The van der Waals surface area contributed by atoms with Gasteiger partial charge < -0.3 is 4.74 Å². The van der Waals surface area contributed by atoms with Crippen LogP contribution in [-0.4, -0.2) is 12.2 Å². The third kappa shape index (κ3) is 3.54. The molecule has 0 aromatic heterocycles. The summed E-state index contributed by atoms with van der Waals surface area (Å²) < 4.78 is 18.8. The number of hydrogen-bond acceptors (Lipinski definition) is 2.